The van der Waals surface area contributed by atoms with E-state index in [4.69, 9.17) is 9.47 Å². The fourth-order valence-electron chi connectivity index (χ4n) is 15.5. The lowest BCUT2D eigenvalue weighted by molar-refractivity contribution is 0.107. The standard InChI is InChI=1S/C104H80N6O2/c1-3-75-33-37-77(38-34-75)71-111-73-79-41-49-93(50-42-79)109-101-31-19-17-29-97(101)99-69-95(65-67-103(99)109)107(85-25-13-7-14-26-85)91-61-57-89(58-62-91)105(83-21-9-5-10-22-83)87-53-45-81(46-54-87)82-47-55-88(56-48-82)106(84-23-11-6-12-24-84)90-59-63-92(64-60-90)108(86-27-15-8-16-28-86)96-66-68-104-100(70-96)98-30-18-20-32-102(98)110(104)94-51-43-80(44-52-94)74-112-72-78-39-35-76(4-2)36-40-78/h3-70H,1-2,71-74H2. The molecule has 0 aliphatic heterocycles. The maximum Gasteiger partial charge on any atom is 0.0721 e. The van der Waals surface area contributed by atoms with Crippen LogP contribution in [0.5, 0.6) is 0 Å². The molecule has 0 saturated carbocycles. The second-order valence-electron chi connectivity index (χ2n) is 28.1. The molecule has 8 nitrogen and oxygen atoms in total. The van der Waals surface area contributed by atoms with Crippen LogP contribution >= 0.6 is 0 Å². The molecule has 0 aliphatic rings. The number of fused-ring (bicyclic) bond motifs is 6. The summed E-state index contributed by atoms with van der Waals surface area (Å²) in [4.78, 5) is 9.38. The van der Waals surface area contributed by atoms with Crippen LogP contribution in [0.3, 0.4) is 0 Å². The monoisotopic (exact) mass is 1440 g/mol. The Labute approximate surface area is 654 Å². The first-order valence-electron chi connectivity index (χ1n) is 38.1. The van der Waals surface area contributed by atoms with Crippen LogP contribution in [0.2, 0.25) is 0 Å². The summed E-state index contributed by atoms with van der Waals surface area (Å²) in [5, 5.41) is 4.73. The van der Waals surface area contributed by atoms with Gasteiger partial charge in [0.1, 0.15) is 0 Å². The van der Waals surface area contributed by atoms with E-state index in [0.717, 1.165) is 146 Å². The SMILES string of the molecule is C=Cc1ccc(COCc2ccc(-n3c4ccccc4c4cc(N(c5ccccc5)c5ccc(N(c6ccccc6)c6ccc(-c7ccc(N(c8ccccc8)c8ccc(N(c9ccccc9)c9ccc%10c(c9)c9ccccc9n%10-c9ccc(COCc%10ccc(C=C)cc%10)cc9)cc8)cc7)cc6)cc5)ccc43)cc2)cc1. The van der Waals surface area contributed by atoms with Gasteiger partial charge in [-0.2, -0.15) is 0 Å². The second-order valence-corrected chi connectivity index (χ2v) is 28.1. The number of para-hydroxylation sites is 6. The zero-order valence-corrected chi connectivity index (χ0v) is 62.0. The highest BCUT2D eigenvalue weighted by atomic mass is 16.5. The first-order chi connectivity index (χ1) is 55.4. The van der Waals surface area contributed by atoms with Crippen molar-refractivity contribution >= 4 is 124 Å². The highest BCUT2D eigenvalue weighted by Gasteiger charge is 2.23. The summed E-state index contributed by atoms with van der Waals surface area (Å²) in [7, 11) is 0. The average Bonchev–Trinajstić information content (AvgIpc) is 1.59. The average molecular weight is 1450 g/mol. The second kappa shape index (κ2) is 31.5. The van der Waals surface area contributed by atoms with E-state index in [-0.39, 0.29) is 0 Å². The molecule has 0 bridgehead atoms. The van der Waals surface area contributed by atoms with Crippen molar-refractivity contribution in [2.24, 2.45) is 0 Å². The third-order valence-corrected chi connectivity index (χ3v) is 21.1. The maximum absolute atomic E-state index is 6.16. The quantitative estimate of drug-likeness (QED) is 0.0568. The molecular weight excluding hydrogens is 1370 g/mol. The zero-order valence-electron chi connectivity index (χ0n) is 62.0. The van der Waals surface area contributed by atoms with Crippen molar-refractivity contribution in [2.75, 3.05) is 19.6 Å². The largest absolute Gasteiger partial charge is 0.372 e. The van der Waals surface area contributed by atoms with Gasteiger partial charge in [0.05, 0.1) is 48.5 Å². The van der Waals surface area contributed by atoms with Crippen molar-refractivity contribution in [3.8, 4) is 22.5 Å². The van der Waals surface area contributed by atoms with Gasteiger partial charge in [-0.05, 0) is 239 Å². The smallest absolute Gasteiger partial charge is 0.0721 e. The van der Waals surface area contributed by atoms with Crippen molar-refractivity contribution in [3.05, 3.63) is 447 Å². The number of rotatable bonds is 25. The summed E-state index contributed by atoms with van der Waals surface area (Å²) in [6.07, 6.45) is 3.72. The molecule has 538 valence electrons. The minimum atomic E-state index is 0.525. The van der Waals surface area contributed by atoms with Crippen LogP contribution < -0.4 is 19.6 Å². The Morgan fingerprint density at radius 1 is 0.214 bits per heavy atom. The van der Waals surface area contributed by atoms with Gasteiger partial charge in [-0.15, -0.1) is 0 Å². The molecule has 0 atom stereocenters. The topological polar surface area (TPSA) is 41.3 Å². The van der Waals surface area contributed by atoms with Crippen LogP contribution in [-0.4, -0.2) is 9.13 Å². The van der Waals surface area contributed by atoms with E-state index >= 15 is 0 Å². The Morgan fingerprint density at radius 2 is 0.446 bits per heavy atom. The molecule has 0 radical (unpaired) electrons. The number of ether oxygens (including phenoxy) is 2. The third-order valence-electron chi connectivity index (χ3n) is 21.1. The predicted octanol–water partition coefficient (Wildman–Crippen LogP) is 28.1. The van der Waals surface area contributed by atoms with Gasteiger partial charge in [-0.25, -0.2) is 0 Å². The summed E-state index contributed by atoms with van der Waals surface area (Å²) in [5.74, 6) is 0. The summed E-state index contributed by atoms with van der Waals surface area (Å²) in [6, 6.07) is 144. The summed E-state index contributed by atoms with van der Waals surface area (Å²) in [5.41, 5.74) is 28.4. The molecule has 18 aromatic rings. The molecule has 0 amide bonds. The minimum absolute atomic E-state index is 0.525. The van der Waals surface area contributed by atoms with Gasteiger partial charge in [0.15, 0.2) is 0 Å². The minimum Gasteiger partial charge on any atom is -0.372 e. The van der Waals surface area contributed by atoms with Crippen LogP contribution in [-0.2, 0) is 35.9 Å². The highest BCUT2D eigenvalue weighted by molar-refractivity contribution is 6.12. The van der Waals surface area contributed by atoms with E-state index in [9.17, 15) is 0 Å². The van der Waals surface area contributed by atoms with Crippen LogP contribution in [0.25, 0.3) is 78.3 Å². The Morgan fingerprint density at radius 3 is 0.741 bits per heavy atom. The van der Waals surface area contributed by atoms with Crippen LogP contribution in [0.1, 0.15) is 33.4 Å². The van der Waals surface area contributed by atoms with Crippen molar-refractivity contribution in [1.82, 2.24) is 9.13 Å². The molecule has 18 rings (SSSR count). The van der Waals surface area contributed by atoms with E-state index < -0.39 is 0 Å². The van der Waals surface area contributed by atoms with E-state index in [1.165, 1.54) is 21.5 Å². The third kappa shape index (κ3) is 14.2. The number of aromatic nitrogens is 2. The molecule has 2 heterocycles. The number of anilines is 12. The number of nitrogens with zero attached hydrogens (tertiary/aromatic N) is 6. The van der Waals surface area contributed by atoms with Gasteiger partial charge < -0.3 is 38.2 Å². The van der Waals surface area contributed by atoms with Crippen LogP contribution in [0, 0.1) is 0 Å². The van der Waals surface area contributed by atoms with Gasteiger partial charge in [0.25, 0.3) is 0 Å². The molecule has 0 N–H and O–H groups in total. The number of hydrogen-bond donors (Lipinski definition) is 0. The Balaban J connectivity index is 0.598. The molecular formula is C104H80N6O2. The predicted molar refractivity (Wildman–Crippen MR) is 469 cm³/mol. The highest BCUT2D eigenvalue weighted by Crippen LogP contribution is 2.46. The Hall–Kier alpha value is -14.3. The molecule has 2 aromatic heterocycles. The van der Waals surface area contributed by atoms with Gasteiger partial charge >= 0.3 is 0 Å². The maximum atomic E-state index is 6.16. The van der Waals surface area contributed by atoms with E-state index in [0.29, 0.717) is 26.4 Å². The molecule has 0 spiro atoms. The summed E-state index contributed by atoms with van der Waals surface area (Å²) in [6.45, 7) is 9.90. The van der Waals surface area contributed by atoms with E-state index in [1.54, 1.807) is 0 Å². The number of benzene rings is 16. The lowest BCUT2D eigenvalue weighted by Gasteiger charge is -2.29. The van der Waals surface area contributed by atoms with Gasteiger partial charge in [0.2, 0.25) is 0 Å². The summed E-state index contributed by atoms with van der Waals surface area (Å²) < 4.78 is 17.1. The molecule has 0 fully saturated rings. The van der Waals surface area contributed by atoms with Gasteiger partial charge in [0, 0.05) is 101 Å². The van der Waals surface area contributed by atoms with Crippen molar-refractivity contribution in [1.29, 1.82) is 0 Å². The van der Waals surface area contributed by atoms with E-state index in [2.05, 4.69) is 442 Å². The molecule has 0 saturated heterocycles. The first-order valence-corrected chi connectivity index (χ1v) is 38.1. The lowest BCUT2D eigenvalue weighted by Crippen LogP contribution is -2.12. The Bertz CT molecular complexity index is 5900. The molecule has 8 heteroatoms. The molecule has 112 heavy (non-hydrogen) atoms. The number of hydrogen-bond acceptors (Lipinski definition) is 6. The van der Waals surface area contributed by atoms with Gasteiger partial charge in [-0.1, -0.05) is 232 Å². The summed E-state index contributed by atoms with van der Waals surface area (Å²) >= 11 is 0. The lowest BCUT2D eigenvalue weighted by atomic mass is 10.0. The zero-order chi connectivity index (χ0) is 75.1. The van der Waals surface area contributed by atoms with Crippen molar-refractivity contribution in [3.63, 3.8) is 0 Å². The van der Waals surface area contributed by atoms with Crippen molar-refractivity contribution in [2.45, 2.75) is 26.4 Å². The van der Waals surface area contributed by atoms with Crippen LogP contribution in [0.15, 0.2) is 414 Å². The fraction of sp³-hybridized carbons (Fsp3) is 0.0385. The van der Waals surface area contributed by atoms with Crippen molar-refractivity contribution < 1.29 is 9.47 Å². The normalized spacial score (nSPS) is 11.3. The molecule has 0 unspecified atom stereocenters. The van der Waals surface area contributed by atoms with E-state index in [1.807, 2.05) is 12.2 Å². The Kier molecular flexibility index (Phi) is 19.5. The first kappa shape index (κ1) is 69.5. The molecule has 0 aliphatic carbocycles. The fourth-order valence-corrected chi connectivity index (χ4v) is 15.5. The van der Waals surface area contributed by atoms with Gasteiger partial charge in [-0.3, -0.25) is 0 Å². The molecule has 16 aromatic carbocycles. The van der Waals surface area contributed by atoms with Crippen LogP contribution in [0.4, 0.5) is 68.2 Å².